The molecule has 0 aliphatic carbocycles. The molecule has 30 heavy (non-hydrogen) atoms. The molecule has 1 heterocycles. The van der Waals surface area contributed by atoms with Gasteiger partial charge in [0.1, 0.15) is 0 Å². The van der Waals surface area contributed by atoms with Crippen LogP contribution in [0.3, 0.4) is 0 Å². The summed E-state index contributed by atoms with van der Waals surface area (Å²) in [7, 11) is 0. The van der Waals surface area contributed by atoms with E-state index in [9.17, 15) is 9.59 Å². The van der Waals surface area contributed by atoms with Crippen molar-refractivity contribution < 1.29 is 19.3 Å². The molecule has 0 radical (unpaired) electrons. The van der Waals surface area contributed by atoms with E-state index >= 15 is 0 Å². The van der Waals surface area contributed by atoms with Crippen molar-refractivity contribution in [1.82, 2.24) is 15.6 Å². The van der Waals surface area contributed by atoms with Gasteiger partial charge in [-0.1, -0.05) is 35.9 Å². The molecule has 8 nitrogen and oxygen atoms in total. The van der Waals surface area contributed by atoms with E-state index in [1.54, 1.807) is 18.2 Å². The van der Waals surface area contributed by atoms with Gasteiger partial charge in [-0.15, -0.1) is 5.10 Å². The minimum absolute atomic E-state index is 0.119. The number of aryl methyl sites for hydroxylation is 1. The highest BCUT2D eigenvalue weighted by molar-refractivity contribution is 7.99. The van der Waals surface area contributed by atoms with Crippen molar-refractivity contribution in [3.8, 4) is 11.4 Å². The number of benzene rings is 2. The van der Waals surface area contributed by atoms with Gasteiger partial charge in [-0.3, -0.25) is 4.79 Å². The largest absolute Gasteiger partial charge is 0.478 e. The molecule has 0 bridgehead atoms. The molecule has 0 aliphatic heterocycles. The van der Waals surface area contributed by atoms with E-state index in [0.717, 1.165) is 11.4 Å². The number of H-pyrrole nitrogens is 1. The molecule has 1 amide bonds. The van der Waals surface area contributed by atoms with Crippen LogP contribution in [0.25, 0.3) is 11.4 Å². The third-order valence-electron chi connectivity index (χ3n) is 4.32. The molecule has 3 aromatic rings. The zero-order valence-corrected chi connectivity index (χ0v) is 17.4. The highest BCUT2D eigenvalue weighted by Crippen LogP contribution is 2.18. The molecule has 3 N–H and O–H groups in total. The summed E-state index contributed by atoms with van der Waals surface area (Å²) in [4.78, 5) is 23.3. The average Bonchev–Trinajstić information content (AvgIpc) is 3.16. The van der Waals surface area contributed by atoms with E-state index in [1.165, 1.54) is 29.6 Å². The molecule has 0 atom stereocenters. The molecule has 0 saturated carbocycles. The van der Waals surface area contributed by atoms with E-state index in [0.29, 0.717) is 17.3 Å². The van der Waals surface area contributed by atoms with Crippen LogP contribution in [0.1, 0.15) is 28.4 Å². The van der Waals surface area contributed by atoms with Crippen molar-refractivity contribution >= 4 is 29.9 Å². The lowest BCUT2D eigenvalue weighted by Crippen LogP contribution is -2.36. The number of carboxylic acid groups (broad SMARTS) is 1. The SMILES string of the molecule is CC[n+]1c(SCC(=O)NN=Cc2ccccc2C(=O)O)n[nH]c1-c1ccc(C)cc1. The van der Waals surface area contributed by atoms with Gasteiger partial charge in [0.05, 0.1) is 34.7 Å². The first kappa shape index (κ1) is 21.3. The van der Waals surface area contributed by atoms with Crippen molar-refractivity contribution in [2.75, 3.05) is 5.75 Å². The summed E-state index contributed by atoms with van der Waals surface area (Å²) in [6.07, 6.45) is 1.32. The van der Waals surface area contributed by atoms with Crippen LogP contribution in [-0.2, 0) is 11.3 Å². The zero-order valence-electron chi connectivity index (χ0n) is 16.6. The number of carboxylic acids is 1. The number of aromatic amines is 1. The number of amides is 1. The number of rotatable bonds is 8. The molecule has 2 aromatic carbocycles. The lowest BCUT2D eigenvalue weighted by molar-refractivity contribution is -0.719. The second-order valence-corrected chi connectivity index (χ2v) is 7.38. The Kier molecular flexibility index (Phi) is 6.97. The van der Waals surface area contributed by atoms with Crippen molar-refractivity contribution in [3.63, 3.8) is 0 Å². The first-order valence-corrected chi connectivity index (χ1v) is 10.3. The van der Waals surface area contributed by atoms with Crippen LogP contribution in [0.4, 0.5) is 0 Å². The van der Waals surface area contributed by atoms with Crippen LogP contribution in [0.5, 0.6) is 0 Å². The van der Waals surface area contributed by atoms with Gasteiger partial charge < -0.3 is 5.11 Å². The zero-order chi connectivity index (χ0) is 21.5. The van der Waals surface area contributed by atoms with Gasteiger partial charge in [0.25, 0.3) is 11.7 Å². The van der Waals surface area contributed by atoms with Gasteiger partial charge >= 0.3 is 11.1 Å². The summed E-state index contributed by atoms with van der Waals surface area (Å²) in [5.74, 6) is -0.364. The Balaban J connectivity index is 1.61. The second-order valence-electron chi connectivity index (χ2n) is 6.44. The second kappa shape index (κ2) is 9.84. The molecular weight excluding hydrogens is 402 g/mol. The predicted octanol–water partition coefficient (Wildman–Crippen LogP) is 2.63. The third-order valence-corrected chi connectivity index (χ3v) is 5.29. The Labute approximate surface area is 178 Å². The summed E-state index contributed by atoms with van der Waals surface area (Å²) >= 11 is 1.29. The lowest BCUT2D eigenvalue weighted by atomic mass is 10.1. The molecule has 0 fully saturated rings. The number of carbonyl (C=O) groups excluding carboxylic acids is 1. The van der Waals surface area contributed by atoms with Crippen LogP contribution in [0.15, 0.2) is 58.8 Å². The maximum absolute atomic E-state index is 12.1. The molecule has 9 heteroatoms. The third kappa shape index (κ3) is 5.12. The Bertz CT molecular complexity index is 1080. The van der Waals surface area contributed by atoms with E-state index in [1.807, 2.05) is 42.7 Å². The smallest absolute Gasteiger partial charge is 0.337 e. The molecule has 0 aliphatic rings. The maximum atomic E-state index is 12.1. The van der Waals surface area contributed by atoms with Crippen molar-refractivity contribution in [3.05, 3.63) is 65.2 Å². The highest BCUT2D eigenvalue weighted by Gasteiger charge is 2.21. The maximum Gasteiger partial charge on any atom is 0.337 e. The van der Waals surface area contributed by atoms with Crippen LogP contribution < -0.4 is 9.99 Å². The molecule has 0 unspecified atom stereocenters. The minimum atomic E-state index is -1.05. The number of carbonyl (C=O) groups is 2. The normalized spacial score (nSPS) is 11.0. The van der Waals surface area contributed by atoms with Gasteiger partial charge in [-0.2, -0.15) is 5.10 Å². The Morgan fingerprint density at radius 3 is 2.67 bits per heavy atom. The molecule has 3 rings (SSSR count). The van der Waals surface area contributed by atoms with Crippen LogP contribution in [0.2, 0.25) is 0 Å². The fourth-order valence-corrected chi connectivity index (χ4v) is 3.60. The predicted molar refractivity (Wildman–Crippen MR) is 114 cm³/mol. The summed E-state index contributed by atoms with van der Waals surface area (Å²) in [6.45, 7) is 4.75. The quantitative estimate of drug-likeness (QED) is 0.223. The fourth-order valence-electron chi connectivity index (χ4n) is 2.79. The number of aromatic carboxylic acids is 1. The molecule has 0 saturated heterocycles. The van der Waals surface area contributed by atoms with Gasteiger partial charge in [0, 0.05) is 5.56 Å². The van der Waals surface area contributed by atoms with E-state index in [4.69, 9.17) is 5.11 Å². The molecule has 154 valence electrons. The van der Waals surface area contributed by atoms with E-state index < -0.39 is 5.97 Å². The van der Waals surface area contributed by atoms with Crippen molar-refractivity contribution in [2.24, 2.45) is 5.10 Å². The number of thioether (sulfide) groups is 1. The van der Waals surface area contributed by atoms with Crippen LogP contribution >= 0.6 is 11.8 Å². The summed E-state index contributed by atoms with van der Waals surface area (Å²) < 4.78 is 2.01. The number of aromatic nitrogens is 3. The Hall–Kier alpha value is -3.46. The first-order chi connectivity index (χ1) is 14.5. The van der Waals surface area contributed by atoms with Crippen LogP contribution in [-0.4, -0.2) is 39.1 Å². The van der Waals surface area contributed by atoms with Gasteiger partial charge in [0.15, 0.2) is 0 Å². The monoisotopic (exact) mass is 424 g/mol. The Morgan fingerprint density at radius 1 is 1.23 bits per heavy atom. The van der Waals surface area contributed by atoms with Crippen molar-refractivity contribution in [1.29, 1.82) is 0 Å². The summed E-state index contributed by atoms with van der Waals surface area (Å²) in [5, 5.41) is 21.1. The fraction of sp³-hybridized carbons (Fsp3) is 0.190. The first-order valence-electron chi connectivity index (χ1n) is 9.32. The van der Waals surface area contributed by atoms with E-state index in [-0.39, 0.29) is 17.2 Å². The van der Waals surface area contributed by atoms with Gasteiger partial charge in [-0.05, 0) is 43.8 Å². The summed E-state index contributed by atoms with van der Waals surface area (Å²) in [5.41, 5.74) is 5.15. The highest BCUT2D eigenvalue weighted by atomic mass is 32.2. The summed E-state index contributed by atoms with van der Waals surface area (Å²) in [6, 6.07) is 14.6. The van der Waals surface area contributed by atoms with Gasteiger partial charge in [0.2, 0.25) is 0 Å². The molecular formula is C21H22N5O3S+. The molecule has 1 aromatic heterocycles. The minimum Gasteiger partial charge on any atom is -0.478 e. The van der Waals surface area contributed by atoms with E-state index in [2.05, 4.69) is 20.7 Å². The van der Waals surface area contributed by atoms with Crippen LogP contribution in [0, 0.1) is 6.92 Å². The standard InChI is InChI=1S/C21H21N5O3S/c1-3-26-19(15-10-8-14(2)9-11-15)24-25-21(26)30-13-18(27)23-22-12-16-6-4-5-7-17(16)20(28)29/h4-12H,3,13H2,1-2H3,(H2,23,27,28,29)/p+1. The van der Waals surface area contributed by atoms with Gasteiger partial charge in [-0.25, -0.2) is 14.8 Å². The average molecular weight is 425 g/mol. The lowest BCUT2D eigenvalue weighted by Gasteiger charge is -2.02. The Morgan fingerprint density at radius 2 is 1.97 bits per heavy atom. The molecule has 0 spiro atoms. The number of nitrogens with zero attached hydrogens (tertiary/aromatic N) is 3. The number of hydrazone groups is 1. The van der Waals surface area contributed by atoms with Crippen molar-refractivity contribution in [2.45, 2.75) is 25.5 Å². The number of nitrogens with one attached hydrogen (secondary N) is 2. The number of hydrogen-bond donors (Lipinski definition) is 3. The number of hydrogen-bond acceptors (Lipinski definition) is 5. The topological polar surface area (TPSA) is 111 Å².